The van der Waals surface area contributed by atoms with Gasteiger partial charge in [-0.25, -0.2) is 9.97 Å². The molecule has 0 saturated carbocycles. The molecule has 4 nitrogen and oxygen atoms in total. The van der Waals surface area contributed by atoms with Gasteiger partial charge < -0.3 is 10.2 Å². The molecule has 0 fully saturated rings. The normalized spacial score (nSPS) is 10.8. The molecule has 2 rings (SSSR count). The molecule has 2 aromatic rings. The Balaban J connectivity index is 1.97. The van der Waals surface area contributed by atoms with E-state index in [9.17, 15) is 0 Å². The zero-order valence-electron chi connectivity index (χ0n) is 12.2. The Morgan fingerprint density at radius 1 is 1.05 bits per heavy atom. The minimum absolute atomic E-state index is 0.881. The van der Waals surface area contributed by atoms with E-state index in [1.54, 1.807) is 6.33 Å². The third-order valence-corrected chi connectivity index (χ3v) is 3.37. The third-order valence-electron chi connectivity index (χ3n) is 3.37. The first-order valence-corrected chi connectivity index (χ1v) is 7.17. The molecule has 0 unspecified atom stereocenters. The fourth-order valence-electron chi connectivity index (χ4n) is 2.10. The third kappa shape index (κ3) is 4.03. The van der Waals surface area contributed by atoms with Crippen LogP contribution in [-0.2, 0) is 0 Å². The highest BCUT2D eigenvalue weighted by molar-refractivity contribution is 5.61. The van der Waals surface area contributed by atoms with Crippen LogP contribution in [0.2, 0.25) is 0 Å². The van der Waals surface area contributed by atoms with Gasteiger partial charge in [0.2, 0.25) is 0 Å². The van der Waals surface area contributed by atoms with E-state index in [1.165, 1.54) is 0 Å². The molecule has 0 aliphatic heterocycles. The number of benzene rings is 1. The Hall–Kier alpha value is -1.94. The van der Waals surface area contributed by atoms with E-state index in [0.717, 1.165) is 43.3 Å². The van der Waals surface area contributed by atoms with Crippen LogP contribution >= 0.6 is 0 Å². The quantitative estimate of drug-likeness (QED) is 0.840. The molecule has 4 heteroatoms. The maximum absolute atomic E-state index is 4.32. The summed E-state index contributed by atoms with van der Waals surface area (Å²) in [7, 11) is 0. The van der Waals surface area contributed by atoms with Crippen molar-refractivity contribution in [3.63, 3.8) is 0 Å². The highest BCUT2D eigenvalue weighted by Crippen LogP contribution is 2.17. The summed E-state index contributed by atoms with van der Waals surface area (Å²) in [6.07, 6.45) is 1.61. The highest BCUT2D eigenvalue weighted by Gasteiger charge is 2.02. The monoisotopic (exact) mass is 270 g/mol. The van der Waals surface area contributed by atoms with Gasteiger partial charge in [0.25, 0.3) is 0 Å². The van der Waals surface area contributed by atoms with Crippen molar-refractivity contribution in [1.29, 1.82) is 0 Å². The zero-order valence-corrected chi connectivity index (χ0v) is 12.2. The highest BCUT2D eigenvalue weighted by atomic mass is 15.1. The maximum atomic E-state index is 4.32. The molecule has 106 valence electrons. The van der Waals surface area contributed by atoms with Crippen molar-refractivity contribution < 1.29 is 0 Å². The minimum Gasteiger partial charge on any atom is -0.369 e. The summed E-state index contributed by atoms with van der Waals surface area (Å²) in [5.74, 6) is 0.881. The van der Waals surface area contributed by atoms with Gasteiger partial charge in [0.05, 0.1) is 5.69 Å². The summed E-state index contributed by atoms with van der Waals surface area (Å²) < 4.78 is 0. The first kappa shape index (κ1) is 14.5. The molecule has 1 heterocycles. The molecule has 0 atom stereocenters. The second-order valence-corrected chi connectivity index (χ2v) is 4.61. The van der Waals surface area contributed by atoms with Crippen LogP contribution < -0.4 is 5.32 Å². The van der Waals surface area contributed by atoms with Crippen molar-refractivity contribution >= 4 is 5.82 Å². The number of nitrogens with zero attached hydrogens (tertiary/aromatic N) is 3. The predicted molar refractivity (Wildman–Crippen MR) is 83.7 cm³/mol. The van der Waals surface area contributed by atoms with Crippen molar-refractivity contribution in [1.82, 2.24) is 14.9 Å². The maximum Gasteiger partial charge on any atom is 0.129 e. The molecule has 0 bridgehead atoms. The SMILES string of the molecule is CCN(CC)CCNc1cc(-c2ccccc2)ncn1. The van der Waals surface area contributed by atoms with Gasteiger partial charge in [-0.2, -0.15) is 0 Å². The van der Waals surface area contributed by atoms with E-state index >= 15 is 0 Å². The largest absolute Gasteiger partial charge is 0.369 e. The lowest BCUT2D eigenvalue weighted by molar-refractivity contribution is 0.316. The Kier molecular flexibility index (Phi) is 5.50. The molecule has 0 aliphatic carbocycles. The van der Waals surface area contributed by atoms with E-state index in [4.69, 9.17) is 0 Å². The fourth-order valence-corrected chi connectivity index (χ4v) is 2.10. The number of aromatic nitrogens is 2. The van der Waals surface area contributed by atoms with Gasteiger partial charge in [-0.3, -0.25) is 0 Å². The fraction of sp³-hybridized carbons (Fsp3) is 0.375. The van der Waals surface area contributed by atoms with Crippen LogP contribution in [0.1, 0.15) is 13.8 Å². The summed E-state index contributed by atoms with van der Waals surface area (Å²) in [5.41, 5.74) is 2.06. The summed E-state index contributed by atoms with van der Waals surface area (Å²) in [6.45, 7) is 8.45. The lowest BCUT2D eigenvalue weighted by atomic mass is 10.1. The average Bonchev–Trinajstić information content (AvgIpc) is 2.53. The Morgan fingerprint density at radius 3 is 2.50 bits per heavy atom. The van der Waals surface area contributed by atoms with Gasteiger partial charge in [-0.15, -0.1) is 0 Å². The van der Waals surface area contributed by atoms with Crippen LogP contribution in [0.3, 0.4) is 0 Å². The van der Waals surface area contributed by atoms with E-state index in [-0.39, 0.29) is 0 Å². The molecule has 0 aliphatic rings. The topological polar surface area (TPSA) is 41.0 Å². The standard InChI is InChI=1S/C16H22N4/c1-3-20(4-2)11-10-17-16-12-15(18-13-19-16)14-8-6-5-7-9-14/h5-9,12-13H,3-4,10-11H2,1-2H3,(H,17,18,19). The first-order chi connectivity index (χ1) is 9.83. The summed E-state index contributed by atoms with van der Waals surface area (Å²) in [6, 6.07) is 12.2. The summed E-state index contributed by atoms with van der Waals surface area (Å²) in [5, 5.41) is 3.36. The summed E-state index contributed by atoms with van der Waals surface area (Å²) >= 11 is 0. The number of anilines is 1. The van der Waals surface area contributed by atoms with Gasteiger partial charge in [0, 0.05) is 24.7 Å². The van der Waals surface area contributed by atoms with E-state index < -0.39 is 0 Å². The molecule has 1 aromatic heterocycles. The van der Waals surface area contributed by atoms with Crippen molar-refractivity contribution in [2.45, 2.75) is 13.8 Å². The van der Waals surface area contributed by atoms with Crippen LogP contribution in [0.4, 0.5) is 5.82 Å². The number of rotatable bonds is 7. The first-order valence-electron chi connectivity index (χ1n) is 7.17. The van der Waals surface area contributed by atoms with E-state index in [1.807, 2.05) is 24.3 Å². The van der Waals surface area contributed by atoms with Gasteiger partial charge >= 0.3 is 0 Å². The van der Waals surface area contributed by atoms with Crippen LogP contribution in [0.5, 0.6) is 0 Å². The molecule has 0 radical (unpaired) electrons. The molecule has 0 amide bonds. The van der Waals surface area contributed by atoms with Crippen molar-refractivity contribution in [3.8, 4) is 11.3 Å². The van der Waals surface area contributed by atoms with E-state index in [2.05, 4.69) is 46.2 Å². The number of likely N-dealkylation sites (N-methyl/N-ethyl adjacent to an activating group) is 1. The molecule has 20 heavy (non-hydrogen) atoms. The van der Waals surface area contributed by atoms with Crippen molar-refractivity contribution in [2.75, 3.05) is 31.5 Å². The minimum atomic E-state index is 0.881. The van der Waals surface area contributed by atoms with Crippen LogP contribution in [0.15, 0.2) is 42.7 Å². The lowest BCUT2D eigenvalue weighted by Crippen LogP contribution is -2.28. The van der Waals surface area contributed by atoms with E-state index in [0.29, 0.717) is 0 Å². The van der Waals surface area contributed by atoms with Gasteiger partial charge in [0.1, 0.15) is 12.1 Å². The summed E-state index contributed by atoms with van der Waals surface area (Å²) in [4.78, 5) is 11.0. The van der Waals surface area contributed by atoms with Crippen molar-refractivity contribution in [2.24, 2.45) is 0 Å². The van der Waals surface area contributed by atoms with Gasteiger partial charge in [0.15, 0.2) is 0 Å². The average molecular weight is 270 g/mol. The zero-order chi connectivity index (χ0) is 14.2. The number of hydrogen-bond acceptors (Lipinski definition) is 4. The second-order valence-electron chi connectivity index (χ2n) is 4.61. The predicted octanol–water partition coefficient (Wildman–Crippen LogP) is 2.90. The molecular weight excluding hydrogens is 248 g/mol. The van der Waals surface area contributed by atoms with Gasteiger partial charge in [-0.05, 0) is 13.1 Å². The molecule has 1 N–H and O–H groups in total. The van der Waals surface area contributed by atoms with Crippen molar-refractivity contribution in [3.05, 3.63) is 42.7 Å². The lowest BCUT2D eigenvalue weighted by Gasteiger charge is -2.18. The van der Waals surface area contributed by atoms with Crippen LogP contribution in [0.25, 0.3) is 11.3 Å². The number of nitrogens with one attached hydrogen (secondary N) is 1. The Morgan fingerprint density at radius 2 is 1.80 bits per heavy atom. The Bertz CT molecular complexity index is 509. The molecule has 0 saturated heterocycles. The van der Waals surface area contributed by atoms with Crippen LogP contribution in [-0.4, -0.2) is 41.0 Å². The van der Waals surface area contributed by atoms with Crippen LogP contribution in [0, 0.1) is 0 Å². The Labute approximate surface area is 120 Å². The molecular formula is C16H22N4. The second kappa shape index (κ2) is 7.60. The number of hydrogen-bond donors (Lipinski definition) is 1. The molecule has 1 aromatic carbocycles. The molecule has 0 spiro atoms. The van der Waals surface area contributed by atoms with Gasteiger partial charge in [-0.1, -0.05) is 44.2 Å². The smallest absolute Gasteiger partial charge is 0.129 e.